The molecule has 0 saturated heterocycles. The van der Waals surface area contributed by atoms with Gasteiger partial charge in [0, 0.05) is 17.9 Å². The third-order valence-corrected chi connectivity index (χ3v) is 3.66. The number of H-pyrrole nitrogens is 1. The minimum absolute atomic E-state index is 0.0380. The molecule has 0 fully saturated rings. The fourth-order valence-corrected chi connectivity index (χ4v) is 2.65. The molecule has 19 heavy (non-hydrogen) atoms. The van der Waals surface area contributed by atoms with Gasteiger partial charge >= 0.3 is 0 Å². The van der Waals surface area contributed by atoms with E-state index in [4.69, 9.17) is 0 Å². The highest BCUT2D eigenvalue weighted by Crippen LogP contribution is 2.29. The standard InChI is InChI=1S/C15H17N3O/c1-10-5-6-14-12(8-10)4-3-7-18(14)15(19)13-9-16-17-11(13)2/h5-6,8-9H,3-4,7H2,1-2H3,(H,16,17). The van der Waals surface area contributed by atoms with E-state index in [2.05, 4.69) is 35.3 Å². The zero-order valence-electron chi connectivity index (χ0n) is 11.2. The average Bonchev–Trinajstić information content (AvgIpc) is 2.83. The second-order valence-corrected chi connectivity index (χ2v) is 5.10. The molecule has 4 nitrogen and oxygen atoms in total. The second kappa shape index (κ2) is 4.53. The molecule has 1 amide bonds. The predicted octanol–water partition coefficient (Wildman–Crippen LogP) is 2.62. The van der Waals surface area contributed by atoms with Crippen molar-refractivity contribution in [3.05, 3.63) is 46.8 Å². The molecule has 1 aromatic carbocycles. The maximum atomic E-state index is 12.6. The normalized spacial score (nSPS) is 14.3. The minimum atomic E-state index is 0.0380. The summed E-state index contributed by atoms with van der Waals surface area (Å²) in [7, 11) is 0. The van der Waals surface area contributed by atoms with E-state index in [1.54, 1.807) is 6.20 Å². The van der Waals surface area contributed by atoms with Gasteiger partial charge in [-0.2, -0.15) is 5.10 Å². The molecule has 0 spiro atoms. The summed E-state index contributed by atoms with van der Waals surface area (Å²) in [5, 5.41) is 6.76. The molecule has 0 aliphatic carbocycles. The van der Waals surface area contributed by atoms with Crippen LogP contribution in [0.25, 0.3) is 0 Å². The van der Waals surface area contributed by atoms with Crippen LogP contribution in [-0.4, -0.2) is 22.6 Å². The first-order chi connectivity index (χ1) is 9.16. The Morgan fingerprint density at radius 2 is 2.21 bits per heavy atom. The summed E-state index contributed by atoms with van der Waals surface area (Å²) in [6.45, 7) is 4.74. The lowest BCUT2D eigenvalue weighted by atomic mass is 9.99. The highest BCUT2D eigenvalue weighted by Gasteiger charge is 2.25. The maximum absolute atomic E-state index is 12.6. The van der Waals surface area contributed by atoms with Gasteiger partial charge in [0.2, 0.25) is 0 Å². The van der Waals surface area contributed by atoms with Crippen LogP contribution < -0.4 is 4.90 Å². The molecule has 2 aromatic rings. The van der Waals surface area contributed by atoms with Crippen LogP contribution >= 0.6 is 0 Å². The summed E-state index contributed by atoms with van der Waals surface area (Å²) in [6, 6.07) is 6.29. The first-order valence-electron chi connectivity index (χ1n) is 6.58. The number of hydrogen-bond donors (Lipinski definition) is 1. The molecular weight excluding hydrogens is 238 g/mol. The number of anilines is 1. The summed E-state index contributed by atoms with van der Waals surface area (Å²) >= 11 is 0. The van der Waals surface area contributed by atoms with Crippen molar-refractivity contribution >= 4 is 11.6 Å². The van der Waals surface area contributed by atoms with Gasteiger partial charge in [-0.05, 0) is 38.3 Å². The van der Waals surface area contributed by atoms with E-state index in [1.165, 1.54) is 11.1 Å². The van der Waals surface area contributed by atoms with E-state index >= 15 is 0 Å². The number of benzene rings is 1. The van der Waals surface area contributed by atoms with Gasteiger partial charge < -0.3 is 4.90 Å². The monoisotopic (exact) mass is 255 g/mol. The number of amides is 1. The minimum Gasteiger partial charge on any atom is -0.308 e. The molecule has 2 heterocycles. The third-order valence-electron chi connectivity index (χ3n) is 3.66. The lowest BCUT2D eigenvalue weighted by Gasteiger charge is -2.29. The number of nitrogens with zero attached hydrogens (tertiary/aromatic N) is 2. The number of rotatable bonds is 1. The zero-order chi connectivity index (χ0) is 13.4. The fraction of sp³-hybridized carbons (Fsp3) is 0.333. The number of fused-ring (bicyclic) bond motifs is 1. The molecule has 0 saturated carbocycles. The Bertz CT molecular complexity index is 630. The van der Waals surface area contributed by atoms with E-state index in [0.717, 1.165) is 30.8 Å². The van der Waals surface area contributed by atoms with Crippen molar-refractivity contribution in [3.63, 3.8) is 0 Å². The number of aryl methyl sites for hydroxylation is 3. The molecule has 1 aromatic heterocycles. The Kier molecular flexibility index (Phi) is 2.85. The molecule has 98 valence electrons. The Hall–Kier alpha value is -2.10. The van der Waals surface area contributed by atoms with E-state index in [9.17, 15) is 4.79 Å². The first-order valence-corrected chi connectivity index (χ1v) is 6.58. The Balaban J connectivity index is 2.00. The first kappa shape index (κ1) is 12.0. The number of aromatic nitrogens is 2. The molecule has 0 radical (unpaired) electrons. The summed E-state index contributed by atoms with van der Waals surface area (Å²) < 4.78 is 0. The van der Waals surface area contributed by atoms with Crippen LogP contribution in [0.3, 0.4) is 0 Å². The molecule has 0 bridgehead atoms. The number of hydrogen-bond acceptors (Lipinski definition) is 2. The maximum Gasteiger partial charge on any atom is 0.261 e. The van der Waals surface area contributed by atoms with Crippen molar-refractivity contribution in [2.24, 2.45) is 0 Å². The van der Waals surface area contributed by atoms with E-state index < -0.39 is 0 Å². The van der Waals surface area contributed by atoms with Crippen molar-refractivity contribution in [2.75, 3.05) is 11.4 Å². The molecule has 1 aliphatic heterocycles. The summed E-state index contributed by atoms with van der Waals surface area (Å²) in [5.74, 6) is 0.0380. The number of carbonyl (C=O) groups excluding carboxylic acids is 1. The average molecular weight is 255 g/mol. The van der Waals surface area contributed by atoms with Gasteiger partial charge in [0.15, 0.2) is 0 Å². The van der Waals surface area contributed by atoms with Crippen molar-refractivity contribution in [1.29, 1.82) is 0 Å². The molecule has 1 aliphatic rings. The van der Waals surface area contributed by atoms with E-state index in [-0.39, 0.29) is 5.91 Å². The summed E-state index contributed by atoms with van der Waals surface area (Å²) in [4.78, 5) is 14.5. The quantitative estimate of drug-likeness (QED) is 0.851. The highest BCUT2D eigenvalue weighted by molar-refractivity contribution is 6.07. The van der Waals surface area contributed by atoms with Crippen LogP contribution in [0.4, 0.5) is 5.69 Å². The number of carbonyl (C=O) groups is 1. The lowest BCUT2D eigenvalue weighted by Crippen LogP contribution is -2.35. The lowest BCUT2D eigenvalue weighted by molar-refractivity contribution is 0.0984. The molecule has 0 unspecified atom stereocenters. The topological polar surface area (TPSA) is 49.0 Å². The van der Waals surface area contributed by atoms with Crippen LogP contribution in [0, 0.1) is 13.8 Å². The van der Waals surface area contributed by atoms with Crippen LogP contribution in [-0.2, 0) is 6.42 Å². The van der Waals surface area contributed by atoms with Crippen molar-refractivity contribution in [1.82, 2.24) is 10.2 Å². The van der Waals surface area contributed by atoms with E-state index in [1.807, 2.05) is 11.8 Å². The summed E-state index contributed by atoms with van der Waals surface area (Å²) in [6.07, 6.45) is 3.67. The van der Waals surface area contributed by atoms with Crippen LogP contribution in [0.15, 0.2) is 24.4 Å². The molecular formula is C15H17N3O. The largest absolute Gasteiger partial charge is 0.308 e. The van der Waals surface area contributed by atoms with Gasteiger partial charge in [0.1, 0.15) is 0 Å². The van der Waals surface area contributed by atoms with E-state index in [0.29, 0.717) is 5.56 Å². The van der Waals surface area contributed by atoms with Crippen molar-refractivity contribution in [3.8, 4) is 0 Å². The van der Waals surface area contributed by atoms with Gasteiger partial charge in [-0.25, -0.2) is 0 Å². The van der Waals surface area contributed by atoms with Crippen LogP contribution in [0.2, 0.25) is 0 Å². The third kappa shape index (κ3) is 2.03. The molecule has 3 rings (SSSR count). The Labute approximate surface area is 112 Å². The van der Waals surface area contributed by atoms with Gasteiger partial charge in [-0.3, -0.25) is 9.89 Å². The number of nitrogens with one attached hydrogen (secondary N) is 1. The number of aromatic amines is 1. The van der Waals surface area contributed by atoms with Gasteiger partial charge in [-0.1, -0.05) is 17.7 Å². The Morgan fingerprint density at radius 3 is 2.95 bits per heavy atom. The smallest absolute Gasteiger partial charge is 0.261 e. The molecule has 1 N–H and O–H groups in total. The Morgan fingerprint density at radius 1 is 1.37 bits per heavy atom. The molecule has 4 heteroatoms. The van der Waals surface area contributed by atoms with Crippen LogP contribution in [0.5, 0.6) is 0 Å². The van der Waals surface area contributed by atoms with Gasteiger partial charge in [0.05, 0.1) is 11.8 Å². The van der Waals surface area contributed by atoms with Crippen molar-refractivity contribution < 1.29 is 4.79 Å². The second-order valence-electron chi connectivity index (χ2n) is 5.10. The fourth-order valence-electron chi connectivity index (χ4n) is 2.65. The molecule has 0 atom stereocenters. The summed E-state index contributed by atoms with van der Waals surface area (Å²) in [5.41, 5.74) is 5.04. The zero-order valence-corrected chi connectivity index (χ0v) is 11.2. The van der Waals surface area contributed by atoms with Crippen molar-refractivity contribution in [2.45, 2.75) is 26.7 Å². The van der Waals surface area contributed by atoms with Gasteiger partial charge in [-0.15, -0.1) is 0 Å². The highest BCUT2D eigenvalue weighted by atomic mass is 16.2. The van der Waals surface area contributed by atoms with Gasteiger partial charge in [0.25, 0.3) is 5.91 Å². The predicted molar refractivity (Wildman–Crippen MR) is 74.5 cm³/mol. The van der Waals surface area contributed by atoms with Crippen LogP contribution in [0.1, 0.15) is 33.6 Å². The SMILES string of the molecule is Cc1ccc2c(c1)CCCN2C(=O)c1cn[nH]c1C.